The van der Waals surface area contributed by atoms with E-state index >= 15 is 0 Å². The molecule has 0 aromatic heterocycles. The number of ether oxygens (including phenoxy) is 2. The number of aldehydes is 1. The molecule has 218 valence electrons. The highest BCUT2D eigenvalue weighted by Gasteiger charge is 2.22. The van der Waals surface area contributed by atoms with E-state index in [-0.39, 0.29) is 5.92 Å². The minimum absolute atomic E-state index is 0.0848. The highest BCUT2D eigenvalue weighted by atomic mass is 16.5. The van der Waals surface area contributed by atoms with E-state index in [1.165, 1.54) is 96.3 Å². The van der Waals surface area contributed by atoms with Crippen molar-refractivity contribution in [3.8, 4) is 0 Å². The zero-order chi connectivity index (χ0) is 27.6. The van der Waals surface area contributed by atoms with E-state index in [0.717, 1.165) is 30.3 Å². The van der Waals surface area contributed by atoms with Crippen LogP contribution in [0.2, 0.25) is 0 Å². The minimum atomic E-state index is -0.433. The maximum atomic E-state index is 12.0. The molecule has 0 aliphatic rings. The Morgan fingerprint density at radius 2 is 1.03 bits per heavy atom. The van der Waals surface area contributed by atoms with Gasteiger partial charge in [-0.05, 0) is 17.5 Å². The van der Waals surface area contributed by atoms with Crippen LogP contribution in [0.1, 0.15) is 127 Å². The van der Waals surface area contributed by atoms with Crippen molar-refractivity contribution in [3.63, 3.8) is 0 Å². The van der Waals surface area contributed by atoms with Gasteiger partial charge < -0.3 is 14.3 Å². The van der Waals surface area contributed by atoms with E-state index in [0.29, 0.717) is 19.8 Å². The van der Waals surface area contributed by atoms with Gasteiger partial charge in [-0.2, -0.15) is 0 Å². The zero-order valence-electron chi connectivity index (χ0n) is 24.9. The Bertz CT molecular complexity index is 791. The first-order valence-electron chi connectivity index (χ1n) is 16.1. The number of hydrogen-bond acceptors (Lipinski definition) is 3. The maximum Gasteiger partial charge on any atom is 0.149 e. The Hall–Kier alpha value is -1.97. The summed E-state index contributed by atoms with van der Waals surface area (Å²) in [4.78, 5) is 12.0. The number of unbranched alkanes of at least 4 members (excludes halogenated alkanes) is 15. The molecule has 0 amide bonds. The van der Waals surface area contributed by atoms with Crippen LogP contribution < -0.4 is 0 Å². The third-order valence-corrected chi connectivity index (χ3v) is 7.76. The lowest BCUT2D eigenvalue weighted by molar-refractivity contribution is -0.125. The first kappa shape index (κ1) is 33.2. The molecule has 2 aromatic carbocycles. The molecule has 0 saturated carbocycles. The summed E-state index contributed by atoms with van der Waals surface area (Å²) in [6.07, 6.45) is 23.4. The second-order valence-corrected chi connectivity index (χ2v) is 11.3. The van der Waals surface area contributed by atoms with Crippen molar-refractivity contribution in [2.75, 3.05) is 6.61 Å². The molecular formula is C36H56O3. The van der Waals surface area contributed by atoms with Crippen LogP contribution in [0, 0.1) is 5.92 Å². The van der Waals surface area contributed by atoms with Gasteiger partial charge in [0.25, 0.3) is 0 Å². The topological polar surface area (TPSA) is 35.5 Å². The third-order valence-electron chi connectivity index (χ3n) is 7.76. The molecular weight excluding hydrogens is 480 g/mol. The van der Waals surface area contributed by atoms with Crippen LogP contribution in [0.5, 0.6) is 0 Å². The fourth-order valence-corrected chi connectivity index (χ4v) is 5.25. The van der Waals surface area contributed by atoms with Crippen molar-refractivity contribution in [1.29, 1.82) is 0 Å². The van der Waals surface area contributed by atoms with Crippen molar-refractivity contribution in [1.82, 2.24) is 0 Å². The minimum Gasteiger partial charge on any atom is -0.376 e. The van der Waals surface area contributed by atoms with E-state index in [9.17, 15) is 4.79 Å². The molecule has 3 heteroatoms. The standard InChI is InChI=1S/C36H56O3/c1-2-3-4-5-6-7-8-9-10-11-12-13-14-15-16-23-28-35(32-38-30-33-24-19-17-20-25-33)36(29-37)39-31-34-26-21-18-22-27-34/h17-22,24-27,29,35-36H,2-16,23,28,30-32H2,1H3/t35-,36+/m1/s1. The quantitative estimate of drug-likeness (QED) is 0.0886. The van der Waals surface area contributed by atoms with Gasteiger partial charge in [0.1, 0.15) is 12.4 Å². The van der Waals surface area contributed by atoms with Gasteiger partial charge in [-0.15, -0.1) is 0 Å². The molecule has 0 bridgehead atoms. The Balaban J connectivity index is 1.58. The van der Waals surface area contributed by atoms with Gasteiger partial charge in [-0.25, -0.2) is 0 Å². The largest absolute Gasteiger partial charge is 0.376 e. The van der Waals surface area contributed by atoms with Gasteiger partial charge in [0.15, 0.2) is 0 Å². The van der Waals surface area contributed by atoms with Gasteiger partial charge in [0.05, 0.1) is 19.8 Å². The summed E-state index contributed by atoms with van der Waals surface area (Å²) in [6.45, 7) is 3.86. The van der Waals surface area contributed by atoms with Crippen molar-refractivity contribution >= 4 is 6.29 Å². The predicted molar refractivity (Wildman–Crippen MR) is 165 cm³/mol. The molecule has 2 aromatic rings. The summed E-state index contributed by atoms with van der Waals surface area (Å²) in [6, 6.07) is 20.3. The molecule has 0 radical (unpaired) electrons. The monoisotopic (exact) mass is 536 g/mol. The van der Waals surface area contributed by atoms with E-state index in [1.54, 1.807) is 0 Å². The van der Waals surface area contributed by atoms with E-state index in [2.05, 4.69) is 19.1 Å². The van der Waals surface area contributed by atoms with Gasteiger partial charge in [-0.1, -0.05) is 170 Å². The van der Waals surface area contributed by atoms with Gasteiger partial charge in [-0.3, -0.25) is 0 Å². The normalized spacial score (nSPS) is 12.8. The summed E-state index contributed by atoms with van der Waals surface area (Å²) in [5.74, 6) is 0.0848. The van der Waals surface area contributed by atoms with Gasteiger partial charge in [0, 0.05) is 5.92 Å². The second-order valence-electron chi connectivity index (χ2n) is 11.3. The van der Waals surface area contributed by atoms with E-state index in [1.807, 2.05) is 48.5 Å². The van der Waals surface area contributed by atoms with Crippen LogP contribution in [0.3, 0.4) is 0 Å². The van der Waals surface area contributed by atoms with E-state index < -0.39 is 6.10 Å². The van der Waals surface area contributed by atoms with Crippen LogP contribution in [-0.4, -0.2) is 19.0 Å². The lowest BCUT2D eigenvalue weighted by Crippen LogP contribution is -2.29. The first-order valence-corrected chi connectivity index (χ1v) is 16.1. The number of benzene rings is 2. The SMILES string of the molecule is CCCCCCCCCCCCCCCCCC[C@H](COCc1ccccc1)[C@H](C=O)OCc1ccccc1. The molecule has 0 aliphatic heterocycles. The predicted octanol–water partition coefficient (Wildman–Crippen LogP) is 10.3. The van der Waals surface area contributed by atoms with Gasteiger partial charge >= 0.3 is 0 Å². The molecule has 3 nitrogen and oxygen atoms in total. The van der Waals surface area contributed by atoms with Crippen molar-refractivity contribution in [3.05, 3.63) is 71.8 Å². The molecule has 0 saturated heterocycles. The summed E-state index contributed by atoms with van der Waals surface area (Å²) in [7, 11) is 0. The molecule has 2 rings (SSSR count). The molecule has 2 atom stereocenters. The van der Waals surface area contributed by atoms with Crippen LogP contribution in [0.4, 0.5) is 0 Å². The van der Waals surface area contributed by atoms with Gasteiger partial charge in [0.2, 0.25) is 0 Å². The highest BCUT2D eigenvalue weighted by molar-refractivity contribution is 5.56. The Kier molecular flexibility index (Phi) is 20.4. The Morgan fingerprint density at radius 1 is 0.590 bits per heavy atom. The summed E-state index contributed by atoms with van der Waals surface area (Å²) < 4.78 is 12.1. The first-order chi connectivity index (χ1) is 19.3. The summed E-state index contributed by atoms with van der Waals surface area (Å²) >= 11 is 0. The molecule has 0 unspecified atom stereocenters. The molecule has 0 fully saturated rings. The second kappa shape index (κ2) is 23.9. The molecule has 0 spiro atoms. The van der Waals surface area contributed by atoms with Crippen LogP contribution in [-0.2, 0) is 27.5 Å². The smallest absolute Gasteiger partial charge is 0.149 e. The van der Waals surface area contributed by atoms with Crippen molar-refractivity contribution in [2.24, 2.45) is 5.92 Å². The lowest BCUT2D eigenvalue weighted by atomic mass is 9.95. The number of carbonyl (C=O) groups excluding carboxylic acids is 1. The average molecular weight is 537 g/mol. The Morgan fingerprint density at radius 3 is 1.49 bits per heavy atom. The zero-order valence-corrected chi connectivity index (χ0v) is 24.9. The third kappa shape index (κ3) is 17.4. The van der Waals surface area contributed by atoms with E-state index in [4.69, 9.17) is 9.47 Å². The fraction of sp³-hybridized carbons (Fsp3) is 0.639. The van der Waals surface area contributed by atoms with Crippen molar-refractivity contribution in [2.45, 2.75) is 135 Å². The maximum absolute atomic E-state index is 12.0. The van der Waals surface area contributed by atoms with Crippen LogP contribution in [0.15, 0.2) is 60.7 Å². The number of hydrogen-bond donors (Lipinski definition) is 0. The highest BCUT2D eigenvalue weighted by Crippen LogP contribution is 2.20. The summed E-state index contributed by atoms with van der Waals surface area (Å²) in [5.41, 5.74) is 2.25. The number of rotatable bonds is 26. The molecule has 0 N–H and O–H groups in total. The van der Waals surface area contributed by atoms with Crippen LogP contribution in [0.25, 0.3) is 0 Å². The Labute approximate surface area is 240 Å². The summed E-state index contributed by atoms with van der Waals surface area (Å²) in [5, 5.41) is 0. The number of carbonyl (C=O) groups is 1. The van der Waals surface area contributed by atoms with Crippen molar-refractivity contribution < 1.29 is 14.3 Å². The fourth-order valence-electron chi connectivity index (χ4n) is 5.25. The molecule has 0 heterocycles. The molecule has 0 aliphatic carbocycles. The lowest BCUT2D eigenvalue weighted by Gasteiger charge is -2.23. The van der Waals surface area contributed by atoms with Crippen LogP contribution >= 0.6 is 0 Å². The molecule has 39 heavy (non-hydrogen) atoms. The average Bonchev–Trinajstić information content (AvgIpc) is 2.98.